The molecule has 0 saturated heterocycles. The van der Waals surface area contributed by atoms with Gasteiger partial charge in [0, 0.05) is 6.08 Å². The Morgan fingerprint density at radius 1 is 0.970 bits per heavy atom. The largest absolute Gasteiger partial charge is 0.494 e. The molecule has 1 heterocycles. The van der Waals surface area contributed by atoms with E-state index in [9.17, 15) is 13.2 Å². The Balaban J connectivity index is 1.41. The van der Waals surface area contributed by atoms with Crippen LogP contribution in [0.2, 0.25) is 0 Å². The van der Waals surface area contributed by atoms with Crippen LogP contribution in [-0.4, -0.2) is 34.2 Å². The lowest BCUT2D eigenvalue weighted by Crippen LogP contribution is -2.22. The minimum absolute atomic E-state index is 0.0606. The first-order chi connectivity index (χ1) is 16.0. The number of rotatable bonds is 12. The zero-order chi connectivity index (χ0) is 23.5. The molecule has 3 rings (SSSR count). The molecular formula is C24H25NO7S. The van der Waals surface area contributed by atoms with Crippen molar-refractivity contribution in [1.29, 1.82) is 0 Å². The Morgan fingerprint density at radius 2 is 1.67 bits per heavy atom. The van der Waals surface area contributed by atoms with Crippen LogP contribution in [0.4, 0.5) is 0 Å². The van der Waals surface area contributed by atoms with Gasteiger partial charge in [-0.1, -0.05) is 12.1 Å². The van der Waals surface area contributed by atoms with Crippen LogP contribution in [0.15, 0.2) is 82.3 Å². The standard InChI is InChI=1S/C24H25NO7S/c1-2-29-20-8-10-21(11-9-20)31-16-17-32-24(26)14-7-19-5-12-23(13-6-19)33(27,28)25-18-22-4-3-15-30-22/h3-15,25H,2,16-18H2,1H3/b14-7+. The van der Waals surface area contributed by atoms with Crippen molar-refractivity contribution in [3.8, 4) is 11.5 Å². The molecule has 3 aromatic rings. The summed E-state index contributed by atoms with van der Waals surface area (Å²) in [5, 5.41) is 0. The maximum Gasteiger partial charge on any atom is 0.330 e. The fourth-order valence-corrected chi connectivity index (χ4v) is 3.73. The van der Waals surface area contributed by atoms with Crippen molar-refractivity contribution in [2.75, 3.05) is 19.8 Å². The van der Waals surface area contributed by atoms with E-state index in [0.29, 0.717) is 23.7 Å². The van der Waals surface area contributed by atoms with Gasteiger partial charge in [-0.25, -0.2) is 17.9 Å². The van der Waals surface area contributed by atoms with E-state index in [4.69, 9.17) is 18.6 Å². The number of ether oxygens (including phenoxy) is 3. The van der Waals surface area contributed by atoms with Crippen LogP contribution in [0, 0.1) is 0 Å². The molecule has 0 aliphatic carbocycles. The lowest BCUT2D eigenvalue weighted by Gasteiger charge is -2.07. The Hall–Kier alpha value is -3.56. The average Bonchev–Trinajstić information content (AvgIpc) is 3.35. The van der Waals surface area contributed by atoms with Gasteiger partial charge in [0.2, 0.25) is 10.0 Å². The molecular weight excluding hydrogens is 446 g/mol. The predicted octanol–water partition coefficient (Wildman–Crippen LogP) is 3.79. The molecule has 0 fully saturated rings. The quantitative estimate of drug-likeness (QED) is 0.243. The first-order valence-corrected chi connectivity index (χ1v) is 11.8. The number of carbonyl (C=O) groups excluding carboxylic acids is 1. The summed E-state index contributed by atoms with van der Waals surface area (Å²) in [4.78, 5) is 12.0. The summed E-state index contributed by atoms with van der Waals surface area (Å²) in [5.41, 5.74) is 0.655. The van der Waals surface area contributed by atoms with Gasteiger partial charge in [-0.3, -0.25) is 0 Å². The van der Waals surface area contributed by atoms with Crippen molar-refractivity contribution in [3.05, 3.63) is 84.3 Å². The van der Waals surface area contributed by atoms with Gasteiger partial charge in [-0.2, -0.15) is 0 Å². The van der Waals surface area contributed by atoms with Gasteiger partial charge in [0.25, 0.3) is 0 Å². The van der Waals surface area contributed by atoms with Gasteiger partial charge in [-0.15, -0.1) is 0 Å². The fraction of sp³-hybridized carbons (Fsp3) is 0.208. The van der Waals surface area contributed by atoms with E-state index in [1.54, 1.807) is 54.6 Å². The number of hydrogen-bond donors (Lipinski definition) is 1. The van der Waals surface area contributed by atoms with Gasteiger partial charge in [0.15, 0.2) is 0 Å². The van der Waals surface area contributed by atoms with Crippen molar-refractivity contribution in [3.63, 3.8) is 0 Å². The molecule has 0 unspecified atom stereocenters. The van der Waals surface area contributed by atoms with E-state index < -0.39 is 16.0 Å². The molecule has 8 nitrogen and oxygen atoms in total. The zero-order valence-corrected chi connectivity index (χ0v) is 18.9. The molecule has 1 aromatic heterocycles. The highest BCUT2D eigenvalue weighted by molar-refractivity contribution is 7.89. The monoisotopic (exact) mass is 471 g/mol. The molecule has 0 aliphatic rings. The lowest BCUT2D eigenvalue weighted by molar-refractivity contribution is -0.138. The minimum atomic E-state index is -3.67. The van der Waals surface area contributed by atoms with Crippen molar-refractivity contribution < 1.29 is 31.8 Å². The third-order valence-corrected chi connectivity index (χ3v) is 5.77. The van der Waals surface area contributed by atoms with Crippen LogP contribution in [0.1, 0.15) is 18.2 Å². The van der Waals surface area contributed by atoms with Crippen LogP contribution < -0.4 is 14.2 Å². The van der Waals surface area contributed by atoms with E-state index in [-0.39, 0.29) is 24.7 Å². The highest BCUT2D eigenvalue weighted by atomic mass is 32.2. The summed E-state index contributed by atoms with van der Waals surface area (Å²) in [5.74, 6) is 1.40. The number of esters is 1. The Bertz CT molecular complexity index is 1140. The van der Waals surface area contributed by atoms with Crippen molar-refractivity contribution in [2.24, 2.45) is 0 Å². The van der Waals surface area contributed by atoms with Crippen molar-refractivity contribution >= 4 is 22.1 Å². The highest BCUT2D eigenvalue weighted by Gasteiger charge is 2.14. The first-order valence-electron chi connectivity index (χ1n) is 10.3. The summed E-state index contributed by atoms with van der Waals surface area (Å²) in [6.07, 6.45) is 4.29. The molecule has 0 spiro atoms. The maximum atomic E-state index is 12.3. The molecule has 9 heteroatoms. The van der Waals surface area contributed by atoms with E-state index in [1.165, 1.54) is 24.5 Å². The molecule has 0 radical (unpaired) electrons. The average molecular weight is 472 g/mol. The topological polar surface area (TPSA) is 104 Å². The van der Waals surface area contributed by atoms with Crippen LogP contribution >= 0.6 is 0 Å². The SMILES string of the molecule is CCOc1ccc(OCCOC(=O)/C=C/c2ccc(S(=O)(=O)NCc3ccco3)cc2)cc1. The number of benzene rings is 2. The molecule has 0 amide bonds. The fourth-order valence-electron chi connectivity index (χ4n) is 2.73. The van der Waals surface area contributed by atoms with Gasteiger partial charge in [-0.05, 0) is 67.1 Å². The third kappa shape index (κ3) is 7.81. The van der Waals surface area contributed by atoms with Crippen LogP contribution in [0.3, 0.4) is 0 Å². The smallest absolute Gasteiger partial charge is 0.330 e. The summed E-state index contributed by atoms with van der Waals surface area (Å²) in [6, 6.07) is 16.7. The highest BCUT2D eigenvalue weighted by Crippen LogP contribution is 2.17. The number of carbonyl (C=O) groups is 1. The molecule has 1 N–H and O–H groups in total. The Morgan fingerprint density at radius 3 is 2.30 bits per heavy atom. The van der Waals surface area contributed by atoms with Crippen LogP contribution in [0.25, 0.3) is 6.08 Å². The second-order valence-electron chi connectivity index (χ2n) is 6.73. The minimum Gasteiger partial charge on any atom is -0.494 e. The predicted molar refractivity (Wildman–Crippen MR) is 122 cm³/mol. The van der Waals surface area contributed by atoms with E-state index in [2.05, 4.69) is 4.72 Å². The number of nitrogens with one attached hydrogen (secondary N) is 1. The number of sulfonamides is 1. The molecule has 0 saturated carbocycles. The van der Waals surface area contributed by atoms with Gasteiger partial charge in [0.05, 0.1) is 24.3 Å². The van der Waals surface area contributed by atoms with Gasteiger partial charge >= 0.3 is 5.97 Å². The third-order valence-electron chi connectivity index (χ3n) is 4.35. The van der Waals surface area contributed by atoms with E-state index in [1.807, 2.05) is 6.92 Å². The summed E-state index contributed by atoms with van der Waals surface area (Å²) in [6.45, 7) is 2.87. The lowest BCUT2D eigenvalue weighted by atomic mass is 10.2. The Kier molecular flexibility index (Phi) is 8.68. The second-order valence-corrected chi connectivity index (χ2v) is 8.49. The second kappa shape index (κ2) is 11.9. The molecule has 0 bridgehead atoms. The first kappa shape index (κ1) is 24.1. The normalized spacial score (nSPS) is 11.4. The summed E-state index contributed by atoms with van der Waals surface area (Å²) < 4.78 is 48.2. The molecule has 33 heavy (non-hydrogen) atoms. The number of furan rings is 1. The van der Waals surface area contributed by atoms with E-state index >= 15 is 0 Å². The van der Waals surface area contributed by atoms with Gasteiger partial charge in [0.1, 0.15) is 30.5 Å². The Labute approximate surface area is 192 Å². The summed E-state index contributed by atoms with van der Waals surface area (Å²) in [7, 11) is -3.67. The molecule has 0 aliphatic heterocycles. The van der Waals surface area contributed by atoms with Crippen LogP contribution in [0.5, 0.6) is 11.5 Å². The van der Waals surface area contributed by atoms with Crippen molar-refractivity contribution in [1.82, 2.24) is 4.72 Å². The van der Waals surface area contributed by atoms with E-state index in [0.717, 1.165) is 5.75 Å². The number of hydrogen-bond acceptors (Lipinski definition) is 7. The molecule has 174 valence electrons. The molecule has 0 atom stereocenters. The van der Waals surface area contributed by atoms with Crippen LogP contribution in [-0.2, 0) is 26.1 Å². The zero-order valence-electron chi connectivity index (χ0n) is 18.1. The molecule has 2 aromatic carbocycles. The van der Waals surface area contributed by atoms with Gasteiger partial charge < -0.3 is 18.6 Å². The summed E-state index contributed by atoms with van der Waals surface area (Å²) >= 11 is 0. The maximum absolute atomic E-state index is 12.3. The van der Waals surface area contributed by atoms with Crippen molar-refractivity contribution in [2.45, 2.75) is 18.4 Å².